The van der Waals surface area contributed by atoms with Crippen LogP contribution in [0.4, 0.5) is 0 Å². The third-order valence-electron chi connectivity index (χ3n) is 6.18. The minimum absolute atomic E-state index is 0.0803. The van der Waals surface area contributed by atoms with Crippen LogP contribution >= 0.6 is 0 Å². The van der Waals surface area contributed by atoms with Crippen molar-refractivity contribution in [3.05, 3.63) is 59.7 Å². The lowest BCUT2D eigenvalue weighted by Gasteiger charge is -2.29. The molecule has 0 aromatic heterocycles. The fourth-order valence-electron chi connectivity index (χ4n) is 4.30. The minimum atomic E-state index is -3.76. The molecule has 8 heteroatoms. The molecular formula is C22H28N2O4S2. The molecule has 1 saturated heterocycles. The zero-order valence-corrected chi connectivity index (χ0v) is 18.8. The van der Waals surface area contributed by atoms with Crippen LogP contribution < -0.4 is 4.72 Å². The lowest BCUT2D eigenvalue weighted by molar-refractivity contribution is 0.288. The first-order valence-corrected chi connectivity index (χ1v) is 13.4. The Morgan fingerprint density at radius 3 is 2.20 bits per heavy atom. The Kier molecular flexibility index (Phi) is 6.03. The summed E-state index contributed by atoms with van der Waals surface area (Å²) in [5.74, 6) is 0.528. The maximum absolute atomic E-state index is 12.9. The highest BCUT2D eigenvalue weighted by Gasteiger charge is 2.29. The van der Waals surface area contributed by atoms with E-state index in [2.05, 4.69) is 11.6 Å². The first kappa shape index (κ1) is 21.5. The van der Waals surface area contributed by atoms with Gasteiger partial charge in [0.15, 0.2) is 0 Å². The number of fused-ring (bicyclic) bond motifs is 1. The summed E-state index contributed by atoms with van der Waals surface area (Å²) in [6.45, 7) is 3.14. The van der Waals surface area contributed by atoms with Crippen molar-refractivity contribution < 1.29 is 16.8 Å². The molecule has 1 aliphatic heterocycles. The summed E-state index contributed by atoms with van der Waals surface area (Å²) in [4.78, 5) is 0.218. The van der Waals surface area contributed by atoms with E-state index in [4.69, 9.17) is 0 Å². The molecule has 6 nitrogen and oxygen atoms in total. The highest BCUT2D eigenvalue weighted by molar-refractivity contribution is 7.89. The summed E-state index contributed by atoms with van der Waals surface area (Å²) in [6, 6.07) is 13.2. The molecule has 0 bridgehead atoms. The number of hydrogen-bond acceptors (Lipinski definition) is 4. The molecule has 0 saturated carbocycles. The fourth-order valence-corrected chi connectivity index (χ4v) is 7.02. The number of nitrogens with one attached hydrogen (secondary N) is 1. The monoisotopic (exact) mass is 448 g/mol. The predicted molar refractivity (Wildman–Crippen MR) is 116 cm³/mol. The second-order valence-electron chi connectivity index (χ2n) is 8.32. The van der Waals surface area contributed by atoms with E-state index >= 15 is 0 Å². The van der Waals surface area contributed by atoms with Crippen molar-refractivity contribution in [2.24, 2.45) is 5.92 Å². The number of piperidine rings is 1. The summed E-state index contributed by atoms with van der Waals surface area (Å²) >= 11 is 0. The van der Waals surface area contributed by atoms with Crippen LogP contribution in [0.1, 0.15) is 49.8 Å². The quantitative estimate of drug-likeness (QED) is 0.759. The Labute approximate surface area is 179 Å². The number of benzene rings is 2. The van der Waals surface area contributed by atoms with E-state index in [-0.39, 0.29) is 15.8 Å². The van der Waals surface area contributed by atoms with Crippen molar-refractivity contribution in [1.82, 2.24) is 9.03 Å². The highest BCUT2D eigenvalue weighted by Crippen LogP contribution is 2.31. The van der Waals surface area contributed by atoms with Crippen molar-refractivity contribution in [2.45, 2.75) is 54.9 Å². The molecule has 30 heavy (non-hydrogen) atoms. The van der Waals surface area contributed by atoms with Gasteiger partial charge >= 0.3 is 0 Å². The average Bonchev–Trinajstić information content (AvgIpc) is 2.74. The number of nitrogens with zero attached hydrogens (tertiary/aromatic N) is 1. The van der Waals surface area contributed by atoms with Crippen LogP contribution in [-0.4, -0.2) is 34.2 Å². The lowest BCUT2D eigenvalue weighted by atomic mass is 9.88. The van der Waals surface area contributed by atoms with E-state index < -0.39 is 20.0 Å². The van der Waals surface area contributed by atoms with Gasteiger partial charge in [0.2, 0.25) is 20.0 Å². The van der Waals surface area contributed by atoms with Crippen molar-refractivity contribution in [3.8, 4) is 0 Å². The Hall–Kier alpha value is -1.74. The van der Waals surface area contributed by atoms with Gasteiger partial charge in [0, 0.05) is 19.1 Å². The van der Waals surface area contributed by atoms with Crippen molar-refractivity contribution in [2.75, 3.05) is 13.1 Å². The van der Waals surface area contributed by atoms with Gasteiger partial charge in [0.05, 0.1) is 9.79 Å². The molecule has 0 unspecified atom stereocenters. The van der Waals surface area contributed by atoms with Gasteiger partial charge in [-0.05, 0) is 73.4 Å². The highest BCUT2D eigenvalue weighted by atomic mass is 32.2. The molecule has 1 aliphatic carbocycles. The average molecular weight is 449 g/mol. The lowest BCUT2D eigenvalue weighted by Crippen LogP contribution is -2.37. The number of rotatable bonds is 5. The Bertz CT molecular complexity index is 1100. The Morgan fingerprint density at radius 2 is 1.50 bits per heavy atom. The molecule has 2 aromatic carbocycles. The maximum Gasteiger partial charge on any atom is 0.243 e. The molecule has 4 rings (SSSR count). The van der Waals surface area contributed by atoms with Crippen LogP contribution in [0, 0.1) is 5.92 Å². The van der Waals surface area contributed by atoms with Gasteiger partial charge in [0.25, 0.3) is 0 Å². The summed E-state index contributed by atoms with van der Waals surface area (Å²) in [6.07, 6.45) is 4.32. The molecule has 2 aliphatic rings. The van der Waals surface area contributed by atoms with Gasteiger partial charge < -0.3 is 0 Å². The normalized spacial score (nSPS) is 21.3. The zero-order chi connectivity index (χ0) is 21.4. The zero-order valence-electron chi connectivity index (χ0n) is 17.1. The van der Waals surface area contributed by atoms with Crippen LogP contribution in [-0.2, 0) is 26.5 Å². The van der Waals surface area contributed by atoms with Gasteiger partial charge in [-0.2, -0.15) is 4.31 Å². The Balaban J connectivity index is 1.52. The molecule has 1 N–H and O–H groups in total. The Morgan fingerprint density at radius 1 is 0.867 bits per heavy atom. The van der Waals surface area contributed by atoms with Gasteiger partial charge in [-0.25, -0.2) is 21.6 Å². The minimum Gasteiger partial charge on any atom is -0.207 e. The molecular weight excluding hydrogens is 420 g/mol. The molecule has 1 atom stereocenters. The van der Waals surface area contributed by atoms with E-state index in [1.807, 2.05) is 24.3 Å². The van der Waals surface area contributed by atoms with E-state index in [9.17, 15) is 16.8 Å². The number of hydrogen-bond donors (Lipinski definition) is 1. The summed E-state index contributed by atoms with van der Waals surface area (Å²) < 4.78 is 55.9. The van der Waals surface area contributed by atoms with Crippen LogP contribution in [0.25, 0.3) is 0 Å². The van der Waals surface area contributed by atoms with Gasteiger partial charge in [-0.1, -0.05) is 31.2 Å². The maximum atomic E-state index is 12.9. The van der Waals surface area contributed by atoms with Gasteiger partial charge in [-0.15, -0.1) is 0 Å². The van der Waals surface area contributed by atoms with Crippen molar-refractivity contribution in [1.29, 1.82) is 0 Å². The van der Waals surface area contributed by atoms with E-state index in [0.29, 0.717) is 19.0 Å². The molecule has 2 aromatic rings. The van der Waals surface area contributed by atoms with E-state index in [0.717, 1.165) is 37.7 Å². The smallest absolute Gasteiger partial charge is 0.207 e. The molecule has 1 fully saturated rings. The number of sulfonamides is 2. The first-order valence-electron chi connectivity index (χ1n) is 10.5. The third-order valence-corrected chi connectivity index (χ3v) is 9.58. The topological polar surface area (TPSA) is 83.6 Å². The molecule has 0 radical (unpaired) electrons. The van der Waals surface area contributed by atoms with Crippen LogP contribution in [0.5, 0.6) is 0 Å². The van der Waals surface area contributed by atoms with Gasteiger partial charge in [-0.3, -0.25) is 0 Å². The predicted octanol–water partition coefficient (Wildman–Crippen LogP) is 3.46. The molecule has 162 valence electrons. The fraction of sp³-hybridized carbons (Fsp3) is 0.455. The molecule has 0 amide bonds. The summed E-state index contributed by atoms with van der Waals surface area (Å²) in [7, 11) is -7.35. The second-order valence-corrected chi connectivity index (χ2v) is 12.0. The number of aryl methyl sites for hydroxylation is 1. The van der Waals surface area contributed by atoms with Gasteiger partial charge in [0.1, 0.15) is 0 Å². The first-order chi connectivity index (χ1) is 14.3. The summed E-state index contributed by atoms with van der Waals surface area (Å²) in [5.41, 5.74) is 2.19. The molecule has 1 heterocycles. The van der Waals surface area contributed by atoms with E-state index in [1.165, 1.54) is 34.1 Å². The van der Waals surface area contributed by atoms with Crippen molar-refractivity contribution in [3.63, 3.8) is 0 Å². The van der Waals surface area contributed by atoms with Crippen LogP contribution in [0.15, 0.2) is 58.3 Å². The van der Waals surface area contributed by atoms with E-state index in [1.54, 1.807) is 0 Å². The van der Waals surface area contributed by atoms with Crippen molar-refractivity contribution >= 4 is 20.0 Å². The summed E-state index contributed by atoms with van der Waals surface area (Å²) in [5, 5.41) is 0. The standard InChI is InChI=1S/C22H28N2O4S2/c1-17-13-15-24(16-14-17)30(27,28)20-11-9-19(10-12-20)29(25,26)23-22-8-4-6-18-5-2-3-7-21(18)22/h2-3,5,7,9-12,17,22-23H,4,6,8,13-16H2,1H3/t22-/m0/s1. The van der Waals surface area contributed by atoms with Crippen LogP contribution in [0.3, 0.4) is 0 Å². The van der Waals surface area contributed by atoms with Crippen LogP contribution in [0.2, 0.25) is 0 Å². The third kappa shape index (κ3) is 4.32. The second kappa shape index (κ2) is 8.42. The largest absolute Gasteiger partial charge is 0.243 e. The molecule has 0 spiro atoms. The SMILES string of the molecule is CC1CCN(S(=O)(=O)c2ccc(S(=O)(=O)N[C@H]3CCCc4ccccc43)cc2)CC1.